The lowest BCUT2D eigenvalue weighted by Gasteiger charge is -2.33. The van der Waals surface area contributed by atoms with E-state index in [2.05, 4.69) is 9.55 Å². The second-order valence-corrected chi connectivity index (χ2v) is 8.16. The molecule has 2 aromatic rings. The molecule has 1 aromatic carbocycles. The fourth-order valence-corrected chi connectivity index (χ4v) is 3.47. The van der Waals surface area contributed by atoms with Gasteiger partial charge in [-0.2, -0.15) is 0 Å². The standard InChI is InChI=1S/C21H29N3O2/c1-21(2,3)26-18-9-7-17(8-10-18)20(25)24-12-5-6-16(15-24)14-19-22-11-13-23(19)4/h7-11,13,16H,5-6,12,14-15H2,1-4H3. The summed E-state index contributed by atoms with van der Waals surface area (Å²) in [6.45, 7) is 7.67. The van der Waals surface area contributed by atoms with Crippen molar-refractivity contribution < 1.29 is 9.53 Å². The summed E-state index contributed by atoms with van der Waals surface area (Å²) in [5.41, 5.74) is 0.486. The number of piperidine rings is 1. The molecule has 140 valence electrons. The Kier molecular flexibility index (Phi) is 5.35. The number of hydrogen-bond acceptors (Lipinski definition) is 3. The van der Waals surface area contributed by atoms with Gasteiger partial charge in [0.15, 0.2) is 0 Å². The third-order valence-electron chi connectivity index (χ3n) is 4.72. The van der Waals surface area contributed by atoms with Crippen molar-refractivity contribution in [1.82, 2.24) is 14.5 Å². The maximum atomic E-state index is 12.9. The highest BCUT2D eigenvalue weighted by atomic mass is 16.5. The number of carbonyl (C=O) groups excluding carboxylic acids is 1. The Labute approximate surface area is 156 Å². The molecule has 1 amide bonds. The van der Waals surface area contributed by atoms with E-state index in [0.29, 0.717) is 5.92 Å². The number of ether oxygens (including phenoxy) is 1. The molecule has 26 heavy (non-hydrogen) atoms. The molecule has 1 fully saturated rings. The van der Waals surface area contributed by atoms with Crippen LogP contribution in [-0.4, -0.2) is 39.0 Å². The minimum Gasteiger partial charge on any atom is -0.488 e. The highest BCUT2D eigenvalue weighted by molar-refractivity contribution is 5.94. The van der Waals surface area contributed by atoms with Gasteiger partial charge in [-0.1, -0.05) is 0 Å². The Hall–Kier alpha value is -2.30. The lowest BCUT2D eigenvalue weighted by atomic mass is 9.94. The molecular formula is C21H29N3O2. The van der Waals surface area contributed by atoms with Crippen molar-refractivity contribution in [2.75, 3.05) is 13.1 Å². The van der Waals surface area contributed by atoms with Gasteiger partial charge in [-0.25, -0.2) is 4.98 Å². The van der Waals surface area contributed by atoms with Crippen molar-refractivity contribution in [2.45, 2.75) is 45.6 Å². The van der Waals surface area contributed by atoms with Crippen molar-refractivity contribution >= 4 is 5.91 Å². The van der Waals surface area contributed by atoms with Crippen LogP contribution < -0.4 is 4.74 Å². The van der Waals surface area contributed by atoms with E-state index < -0.39 is 0 Å². The number of rotatable bonds is 4. The molecule has 1 atom stereocenters. The maximum absolute atomic E-state index is 12.9. The molecule has 0 aliphatic carbocycles. The first-order valence-corrected chi connectivity index (χ1v) is 9.36. The molecule has 1 aliphatic heterocycles. The second kappa shape index (κ2) is 7.52. The summed E-state index contributed by atoms with van der Waals surface area (Å²) in [6.07, 6.45) is 6.93. The number of carbonyl (C=O) groups is 1. The molecule has 3 rings (SSSR count). The molecule has 5 heteroatoms. The fraction of sp³-hybridized carbons (Fsp3) is 0.524. The smallest absolute Gasteiger partial charge is 0.253 e. The van der Waals surface area contributed by atoms with Gasteiger partial charge in [-0.05, 0) is 63.8 Å². The number of hydrogen-bond donors (Lipinski definition) is 0. The molecule has 1 aromatic heterocycles. The van der Waals surface area contributed by atoms with E-state index in [1.807, 2.05) is 69.4 Å². The Morgan fingerprint density at radius 1 is 1.27 bits per heavy atom. The number of imidazole rings is 1. The van der Waals surface area contributed by atoms with Gasteiger partial charge in [0.25, 0.3) is 5.91 Å². The topological polar surface area (TPSA) is 47.4 Å². The van der Waals surface area contributed by atoms with Gasteiger partial charge < -0.3 is 14.2 Å². The third-order valence-corrected chi connectivity index (χ3v) is 4.72. The number of amides is 1. The minimum absolute atomic E-state index is 0.108. The van der Waals surface area contributed by atoms with Crippen LogP contribution in [0.15, 0.2) is 36.7 Å². The minimum atomic E-state index is -0.239. The summed E-state index contributed by atoms with van der Waals surface area (Å²) in [4.78, 5) is 19.3. The molecule has 1 unspecified atom stereocenters. The van der Waals surface area contributed by atoms with Crippen molar-refractivity contribution in [3.8, 4) is 5.75 Å². The highest BCUT2D eigenvalue weighted by Crippen LogP contribution is 2.23. The van der Waals surface area contributed by atoms with Gasteiger partial charge in [-0.15, -0.1) is 0 Å². The summed E-state index contributed by atoms with van der Waals surface area (Å²) in [7, 11) is 2.02. The van der Waals surface area contributed by atoms with Crippen LogP contribution in [0.25, 0.3) is 0 Å². The van der Waals surface area contributed by atoms with Gasteiger partial charge in [0.1, 0.15) is 17.2 Å². The first-order valence-electron chi connectivity index (χ1n) is 9.36. The monoisotopic (exact) mass is 355 g/mol. The van der Waals surface area contributed by atoms with Crippen LogP contribution >= 0.6 is 0 Å². The second-order valence-electron chi connectivity index (χ2n) is 8.16. The normalized spacial score (nSPS) is 18.0. The maximum Gasteiger partial charge on any atom is 0.253 e. The number of aryl methyl sites for hydroxylation is 1. The lowest BCUT2D eigenvalue weighted by Crippen LogP contribution is -2.40. The average Bonchev–Trinajstić information content (AvgIpc) is 2.99. The Morgan fingerprint density at radius 2 is 2.00 bits per heavy atom. The zero-order valence-electron chi connectivity index (χ0n) is 16.2. The Balaban J connectivity index is 1.62. The molecule has 0 saturated carbocycles. The van der Waals surface area contributed by atoms with Crippen LogP contribution in [0.5, 0.6) is 5.75 Å². The first-order chi connectivity index (χ1) is 12.3. The van der Waals surface area contributed by atoms with E-state index in [-0.39, 0.29) is 11.5 Å². The van der Waals surface area contributed by atoms with E-state index in [1.165, 1.54) is 0 Å². The van der Waals surface area contributed by atoms with Crippen LogP contribution in [-0.2, 0) is 13.5 Å². The molecule has 0 spiro atoms. The molecular weight excluding hydrogens is 326 g/mol. The van der Waals surface area contributed by atoms with Gasteiger partial charge in [0.2, 0.25) is 0 Å². The van der Waals surface area contributed by atoms with E-state index in [9.17, 15) is 4.79 Å². The van der Waals surface area contributed by atoms with Crippen molar-refractivity contribution in [3.05, 3.63) is 48.0 Å². The molecule has 2 heterocycles. The summed E-state index contributed by atoms with van der Waals surface area (Å²) >= 11 is 0. The van der Waals surface area contributed by atoms with Crippen LogP contribution in [0.3, 0.4) is 0 Å². The van der Waals surface area contributed by atoms with Crippen molar-refractivity contribution in [1.29, 1.82) is 0 Å². The number of aromatic nitrogens is 2. The number of nitrogens with zero attached hydrogens (tertiary/aromatic N) is 3. The molecule has 0 bridgehead atoms. The molecule has 1 saturated heterocycles. The Morgan fingerprint density at radius 3 is 2.62 bits per heavy atom. The summed E-state index contributed by atoms with van der Waals surface area (Å²) in [5.74, 6) is 2.46. The predicted octanol–water partition coefficient (Wildman–Crippen LogP) is 3.69. The first kappa shape index (κ1) is 18.5. The van der Waals surface area contributed by atoms with Gasteiger partial charge >= 0.3 is 0 Å². The fourth-order valence-electron chi connectivity index (χ4n) is 3.47. The van der Waals surface area contributed by atoms with Crippen molar-refractivity contribution in [3.63, 3.8) is 0 Å². The van der Waals surface area contributed by atoms with Crippen LogP contribution in [0.4, 0.5) is 0 Å². The van der Waals surface area contributed by atoms with Gasteiger partial charge in [0, 0.05) is 44.5 Å². The zero-order valence-corrected chi connectivity index (χ0v) is 16.2. The van der Waals surface area contributed by atoms with E-state index in [4.69, 9.17) is 4.74 Å². The molecule has 0 radical (unpaired) electrons. The largest absolute Gasteiger partial charge is 0.488 e. The SMILES string of the molecule is Cn1ccnc1CC1CCCN(C(=O)c2ccc(OC(C)(C)C)cc2)C1. The number of benzene rings is 1. The van der Waals surface area contributed by atoms with E-state index >= 15 is 0 Å². The summed E-state index contributed by atoms with van der Waals surface area (Å²) in [6, 6.07) is 7.50. The predicted molar refractivity (Wildman–Crippen MR) is 102 cm³/mol. The van der Waals surface area contributed by atoms with Gasteiger partial charge in [0.05, 0.1) is 0 Å². The van der Waals surface area contributed by atoms with Crippen LogP contribution in [0.1, 0.15) is 49.8 Å². The summed E-state index contributed by atoms with van der Waals surface area (Å²) in [5, 5.41) is 0. The lowest BCUT2D eigenvalue weighted by molar-refractivity contribution is 0.0671. The van der Waals surface area contributed by atoms with E-state index in [1.54, 1.807) is 0 Å². The zero-order chi connectivity index (χ0) is 18.7. The molecule has 1 aliphatic rings. The summed E-state index contributed by atoms with van der Waals surface area (Å²) < 4.78 is 7.90. The number of likely N-dealkylation sites (tertiary alicyclic amines) is 1. The average molecular weight is 355 g/mol. The van der Waals surface area contributed by atoms with E-state index in [0.717, 1.165) is 49.5 Å². The van der Waals surface area contributed by atoms with Crippen LogP contribution in [0, 0.1) is 5.92 Å². The van der Waals surface area contributed by atoms with Gasteiger partial charge in [-0.3, -0.25) is 4.79 Å². The van der Waals surface area contributed by atoms with Crippen LogP contribution in [0.2, 0.25) is 0 Å². The highest BCUT2D eigenvalue weighted by Gasteiger charge is 2.25. The third kappa shape index (κ3) is 4.65. The Bertz CT molecular complexity index is 743. The quantitative estimate of drug-likeness (QED) is 0.840. The molecule has 5 nitrogen and oxygen atoms in total. The molecule has 0 N–H and O–H groups in total. The van der Waals surface area contributed by atoms with Crippen molar-refractivity contribution in [2.24, 2.45) is 13.0 Å².